The number of nitriles is 1. The number of nitrogens with zero attached hydrogens (tertiary/aromatic N) is 6. The second-order valence-electron chi connectivity index (χ2n) is 9.44. The van der Waals surface area contributed by atoms with Gasteiger partial charge in [0, 0.05) is 30.5 Å². The number of hydrogen-bond donors (Lipinski definition) is 1. The molecule has 0 saturated carbocycles. The van der Waals surface area contributed by atoms with Gasteiger partial charge in [-0.2, -0.15) is 5.26 Å². The van der Waals surface area contributed by atoms with Gasteiger partial charge in [0.15, 0.2) is 5.82 Å². The molecule has 10 heteroatoms. The van der Waals surface area contributed by atoms with Crippen molar-refractivity contribution in [3.8, 4) is 11.8 Å². The topological polar surface area (TPSA) is 122 Å². The molecule has 9 nitrogen and oxygen atoms in total. The van der Waals surface area contributed by atoms with Crippen molar-refractivity contribution in [3.63, 3.8) is 0 Å². The summed E-state index contributed by atoms with van der Waals surface area (Å²) in [4.78, 5) is 25.5. The molecular formula is C28H28ClN7O2. The number of halogens is 1. The van der Waals surface area contributed by atoms with Crippen LogP contribution >= 0.6 is 11.6 Å². The molecule has 1 fully saturated rings. The number of amidine groups is 1. The van der Waals surface area contributed by atoms with Gasteiger partial charge in [0.25, 0.3) is 0 Å². The summed E-state index contributed by atoms with van der Waals surface area (Å²) in [5.41, 5.74) is 6.85. The third kappa shape index (κ3) is 4.36. The molecule has 2 N–H and O–H groups in total. The first kappa shape index (κ1) is 25.6. The number of Topliss-reactive ketones (excluding diaryl/α,β-unsaturated/α-hetero) is 1. The molecule has 3 heterocycles. The van der Waals surface area contributed by atoms with E-state index in [9.17, 15) is 10.1 Å². The Hall–Kier alpha value is -4.00. The highest BCUT2D eigenvalue weighted by molar-refractivity contribution is 6.30. The molecule has 0 amide bonds. The second-order valence-corrected chi connectivity index (χ2v) is 9.87. The van der Waals surface area contributed by atoms with E-state index < -0.39 is 11.3 Å². The summed E-state index contributed by atoms with van der Waals surface area (Å²) < 4.78 is 7.29. The molecule has 0 spiro atoms. The van der Waals surface area contributed by atoms with Gasteiger partial charge in [-0.1, -0.05) is 48.9 Å². The lowest BCUT2D eigenvalue weighted by Crippen LogP contribution is -2.55. The van der Waals surface area contributed by atoms with Crippen LogP contribution in [0.4, 0.5) is 0 Å². The Balaban J connectivity index is 1.67. The van der Waals surface area contributed by atoms with Crippen LogP contribution in [0.15, 0.2) is 71.0 Å². The standard InChI is InChI=1S/C28H28ClN7O2/c1-18(24(37)16-20-8-10-21(29)11-9-20)28(26-32-19(2)36(34-26)22-6-4-3-5-7-22)23(17-30)25(31)33-27(28)35-12-14-38-15-13-35/h3-11,18H,12-16,31H2,1-2H3. The minimum absolute atomic E-state index is 0.0776. The van der Waals surface area contributed by atoms with Crippen molar-refractivity contribution < 1.29 is 9.53 Å². The zero-order valence-electron chi connectivity index (χ0n) is 21.3. The van der Waals surface area contributed by atoms with Crippen LogP contribution in [0.3, 0.4) is 0 Å². The third-order valence-corrected chi connectivity index (χ3v) is 7.45. The van der Waals surface area contributed by atoms with Gasteiger partial charge in [-0.3, -0.25) is 4.79 Å². The monoisotopic (exact) mass is 529 g/mol. The fraction of sp³-hybridized carbons (Fsp3) is 0.321. The van der Waals surface area contributed by atoms with Gasteiger partial charge in [0.1, 0.15) is 34.7 Å². The van der Waals surface area contributed by atoms with Crippen molar-refractivity contribution in [2.24, 2.45) is 16.6 Å². The van der Waals surface area contributed by atoms with Crippen LogP contribution in [0.5, 0.6) is 0 Å². The predicted molar refractivity (Wildman–Crippen MR) is 144 cm³/mol. The first-order chi connectivity index (χ1) is 18.4. The minimum atomic E-state index is -1.36. The number of aryl methyl sites for hydroxylation is 1. The summed E-state index contributed by atoms with van der Waals surface area (Å²) in [6.07, 6.45) is 0.146. The summed E-state index contributed by atoms with van der Waals surface area (Å²) in [7, 11) is 0. The maximum absolute atomic E-state index is 14.0. The summed E-state index contributed by atoms with van der Waals surface area (Å²) in [6.45, 7) is 5.73. The summed E-state index contributed by atoms with van der Waals surface area (Å²) in [5.74, 6) is 0.682. The van der Waals surface area contributed by atoms with Crippen molar-refractivity contribution in [2.75, 3.05) is 26.3 Å². The van der Waals surface area contributed by atoms with E-state index in [4.69, 9.17) is 37.1 Å². The number of hydrogen-bond acceptors (Lipinski definition) is 8. The summed E-state index contributed by atoms with van der Waals surface area (Å²) in [6, 6.07) is 19.0. The fourth-order valence-corrected chi connectivity index (χ4v) is 5.32. The van der Waals surface area contributed by atoms with Gasteiger partial charge >= 0.3 is 0 Å². The zero-order chi connectivity index (χ0) is 26.9. The highest BCUT2D eigenvalue weighted by Gasteiger charge is 2.58. The average Bonchev–Trinajstić information content (AvgIpc) is 3.47. The van der Waals surface area contributed by atoms with Crippen LogP contribution in [0.1, 0.15) is 24.1 Å². The van der Waals surface area contributed by atoms with E-state index in [0.717, 1.165) is 11.3 Å². The molecule has 0 radical (unpaired) electrons. The molecule has 194 valence electrons. The molecule has 38 heavy (non-hydrogen) atoms. The molecule has 3 aromatic rings. The maximum Gasteiger partial charge on any atom is 0.171 e. The number of morpholine rings is 1. The minimum Gasteiger partial charge on any atom is -0.383 e. The number of benzene rings is 2. The van der Waals surface area contributed by atoms with Gasteiger partial charge < -0.3 is 15.4 Å². The first-order valence-corrected chi connectivity index (χ1v) is 12.8. The molecule has 2 aliphatic rings. The van der Waals surface area contributed by atoms with Gasteiger partial charge in [0.05, 0.1) is 24.5 Å². The van der Waals surface area contributed by atoms with Gasteiger partial charge in [0.2, 0.25) is 0 Å². The van der Waals surface area contributed by atoms with Crippen molar-refractivity contribution in [2.45, 2.75) is 25.7 Å². The Labute approximate surface area is 226 Å². The number of aromatic nitrogens is 3. The molecule has 1 aromatic heterocycles. The Bertz CT molecular complexity index is 1450. The van der Waals surface area contributed by atoms with Crippen LogP contribution in [0.2, 0.25) is 5.02 Å². The van der Waals surface area contributed by atoms with E-state index in [1.165, 1.54) is 0 Å². The first-order valence-electron chi connectivity index (χ1n) is 12.4. The van der Waals surface area contributed by atoms with Crippen molar-refractivity contribution in [1.82, 2.24) is 19.7 Å². The lowest BCUT2D eigenvalue weighted by atomic mass is 9.67. The molecule has 0 aliphatic carbocycles. The van der Waals surface area contributed by atoms with E-state index in [-0.39, 0.29) is 23.6 Å². The number of rotatable bonds is 6. The van der Waals surface area contributed by atoms with Crippen LogP contribution in [0, 0.1) is 24.2 Å². The number of ketones is 1. The number of para-hydroxylation sites is 1. The van der Waals surface area contributed by atoms with E-state index in [1.807, 2.05) is 61.2 Å². The predicted octanol–water partition coefficient (Wildman–Crippen LogP) is 3.35. The third-order valence-electron chi connectivity index (χ3n) is 7.20. The number of aliphatic imine (C=N–C) groups is 1. The number of carbonyl (C=O) groups excluding carboxylic acids is 1. The molecule has 2 unspecified atom stereocenters. The van der Waals surface area contributed by atoms with Gasteiger partial charge in [-0.05, 0) is 36.8 Å². The normalized spacial score (nSPS) is 20.3. The Morgan fingerprint density at radius 2 is 1.87 bits per heavy atom. The largest absolute Gasteiger partial charge is 0.383 e. The lowest BCUT2D eigenvalue weighted by Gasteiger charge is -2.40. The zero-order valence-corrected chi connectivity index (χ0v) is 22.0. The second kappa shape index (κ2) is 10.4. The molecule has 2 aromatic carbocycles. The molecule has 0 bridgehead atoms. The van der Waals surface area contributed by atoms with Crippen LogP contribution in [0.25, 0.3) is 5.69 Å². The number of ether oxygens (including phenoxy) is 1. The van der Waals surface area contributed by atoms with Crippen molar-refractivity contribution >= 4 is 23.2 Å². The van der Waals surface area contributed by atoms with Crippen LogP contribution in [-0.4, -0.2) is 57.6 Å². The van der Waals surface area contributed by atoms with E-state index in [0.29, 0.717) is 48.8 Å². The highest BCUT2D eigenvalue weighted by Crippen LogP contribution is 2.46. The van der Waals surface area contributed by atoms with Crippen molar-refractivity contribution in [3.05, 3.63) is 88.2 Å². The fourth-order valence-electron chi connectivity index (χ4n) is 5.20. The van der Waals surface area contributed by atoms with Gasteiger partial charge in [-0.25, -0.2) is 14.7 Å². The van der Waals surface area contributed by atoms with E-state index >= 15 is 0 Å². The molecule has 5 rings (SSSR count). The molecular weight excluding hydrogens is 502 g/mol. The van der Waals surface area contributed by atoms with Crippen molar-refractivity contribution in [1.29, 1.82) is 5.26 Å². The van der Waals surface area contributed by atoms with E-state index in [2.05, 4.69) is 6.07 Å². The van der Waals surface area contributed by atoms with Crippen LogP contribution < -0.4 is 5.73 Å². The van der Waals surface area contributed by atoms with Gasteiger partial charge in [-0.15, -0.1) is 5.10 Å². The smallest absolute Gasteiger partial charge is 0.171 e. The number of carbonyl (C=O) groups is 1. The maximum atomic E-state index is 14.0. The summed E-state index contributed by atoms with van der Waals surface area (Å²) in [5, 5.41) is 15.9. The Morgan fingerprint density at radius 3 is 2.53 bits per heavy atom. The molecule has 1 saturated heterocycles. The lowest BCUT2D eigenvalue weighted by molar-refractivity contribution is -0.122. The summed E-state index contributed by atoms with van der Waals surface area (Å²) >= 11 is 6.05. The highest BCUT2D eigenvalue weighted by atomic mass is 35.5. The molecule has 2 aliphatic heterocycles. The average molecular weight is 530 g/mol. The number of nitrogens with two attached hydrogens (primary N) is 1. The van der Waals surface area contributed by atoms with Crippen LogP contribution in [-0.2, 0) is 21.4 Å². The SMILES string of the molecule is Cc1nc(C2(C(C)C(=O)Cc3ccc(Cl)cc3)C(N3CCOCC3)=NC(N)=C2C#N)nn1-c1ccccc1. The van der Waals surface area contributed by atoms with E-state index in [1.54, 1.807) is 16.8 Å². The molecule has 2 atom stereocenters. The Kier molecular flexibility index (Phi) is 7.02. The Morgan fingerprint density at radius 1 is 1.18 bits per heavy atom. The quantitative estimate of drug-likeness (QED) is 0.519.